The predicted molar refractivity (Wildman–Crippen MR) is 161 cm³/mol. The van der Waals surface area contributed by atoms with Crippen LogP contribution in [0.5, 0.6) is 0 Å². The number of hydrogen-bond acceptors (Lipinski definition) is 4. The lowest BCUT2D eigenvalue weighted by Crippen LogP contribution is -2.49. The molecule has 3 fully saturated rings. The summed E-state index contributed by atoms with van der Waals surface area (Å²) in [6.07, 6.45) is 7.97. The number of fused-ring (bicyclic) bond motifs is 3. The highest BCUT2D eigenvalue weighted by Crippen LogP contribution is 2.45. The SMILES string of the molecule is Cc1ccc(C2(CCN3[C@@H]4CC[C@H]3C[C@@H](n3c(C)nc5ccccc53)C4)CCN(C(=O)OC(C)(C)C)CC2)cc1. The van der Waals surface area contributed by atoms with Crippen molar-refractivity contribution in [3.63, 3.8) is 0 Å². The highest BCUT2D eigenvalue weighted by molar-refractivity contribution is 5.76. The number of carbonyl (C=O) groups excluding carboxylic acids is 1. The van der Waals surface area contributed by atoms with E-state index in [1.807, 2.05) is 25.7 Å². The summed E-state index contributed by atoms with van der Waals surface area (Å²) in [5.74, 6) is 1.15. The van der Waals surface area contributed by atoms with Crippen molar-refractivity contribution in [1.29, 1.82) is 0 Å². The molecule has 0 unspecified atom stereocenters. The summed E-state index contributed by atoms with van der Waals surface area (Å²) in [6, 6.07) is 19.6. The molecule has 214 valence electrons. The molecular formula is C34H46N4O2. The van der Waals surface area contributed by atoms with Crippen LogP contribution in [0.4, 0.5) is 4.79 Å². The van der Waals surface area contributed by atoms with Gasteiger partial charge in [0, 0.05) is 31.2 Å². The van der Waals surface area contributed by atoms with Crippen LogP contribution in [0.1, 0.15) is 88.7 Å². The second kappa shape index (κ2) is 10.5. The number of likely N-dealkylation sites (tertiary alicyclic amines) is 1. The van der Waals surface area contributed by atoms with Crippen LogP contribution in [-0.4, -0.2) is 62.8 Å². The van der Waals surface area contributed by atoms with Crippen LogP contribution in [0, 0.1) is 13.8 Å². The molecule has 3 aliphatic rings. The molecule has 2 bridgehead atoms. The normalized spacial score (nSPS) is 24.9. The number of hydrogen-bond donors (Lipinski definition) is 0. The number of aryl methyl sites for hydroxylation is 2. The van der Waals surface area contributed by atoms with Crippen molar-refractivity contribution in [2.24, 2.45) is 0 Å². The highest BCUT2D eigenvalue weighted by atomic mass is 16.6. The lowest BCUT2D eigenvalue weighted by atomic mass is 9.70. The average molecular weight is 543 g/mol. The first-order valence-corrected chi connectivity index (χ1v) is 15.4. The lowest BCUT2D eigenvalue weighted by molar-refractivity contribution is 0.0144. The van der Waals surface area contributed by atoms with E-state index in [2.05, 4.69) is 71.8 Å². The van der Waals surface area contributed by atoms with Gasteiger partial charge in [-0.25, -0.2) is 9.78 Å². The molecule has 3 aromatic rings. The maximum absolute atomic E-state index is 12.8. The van der Waals surface area contributed by atoms with Crippen LogP contribution in [0.15, 0.2) is 48.5 Å². The van der Waals surface area contributed by atoms with Gasteiger partial charge in [0.1, 0.15) is 11.4 Å². The van der Waals surface area contributed by atoms with Gasteiger partial charge in [-0.1, -0.05) is 42.0 Å². The van der Waals surface area contributed by atoms with E-state index >= 15 is 0 Å². The van der Waals surface area contributed by atoms with Gasteiger partial charge in [0.25, 0.3) is 0 Å². The van der Waals surface area contributed by atoms with E-state index in [1.54, 1.807) is 0 Å². The summed E-state index contributed by atoms with van der Waals surface area (Å²) in [6.45, 7) is 12.8. The van der Waals surface area contributed by atoms with Crippen molar-refractivity contribution in [3.8, 4) is 0 Å². The third kappa shape index (κ3) is 5.27. The molecule has 0 saturated carbocycles. The van der Waals surface area contributed by atoms with E-state index in [0.717, 1.165) is 50.2 Å². The Labute approximate surface area is 239 Å². The largest absolute Gasteiger partial charge is 0.444 e. The Balaban J connectivity index is 1.17. The molecule has 0 radical (unpaired) electrons. The molecule has 4 heterocycles. The number of para-hydroxylation sites is 2. The van der Waals surface area contributed by atoms with Crippen LogP contribution in [0.3, 0.4) is 0 Å². The van der Waals surface area contributed by atoms with Gasteiger partial charge in [-0.15, -0.1) is 0 Å². The first kappa shape index (κ1) is 27.3. The number of rotatable bonds is 5. The third-order valence-electron chi connectivity index (χ3n) is 9.88. The Morgan fingerprint density at radius 2 is 1.60 bits per heavy atom. The highest BCUT2D eigenvalue weighted by Gasteiger charge is 2.44. The van der Waals surface area contributed by atoms with Gasteiger partial charge in [0.05, 0.1) is 11.0 Å². The van der Waals surface area contributed by atoms with Gasteiger partial charge in [-0.2, -0.15) is 0 Å². The molecule has 1 amide bonds. The maximum Gasteiger partial charge on any atom is 0.410 e. The number of nitrogens with zero attached hydrogens (tertiary/aromatic N) is 4. The number of imidazole rings is 1. The second-order valence-electron chi connectivity index (χ2n) is 13.6. The van der Waals surface area contributed by atoms with Gasteiger partial charge in [0.15, 0.2) is 0 Å². The molecule has 0 aliphatic carbocycles. The average Bonchev–Trinajstić information content (AvgIpc) is 3.37. The minimum absolute atomic E-state index is 0.0969. The molecule has 6 rings (SSSR count). The number of amides is 1. The third-order valence-corrected chi connectivity index (χ3v) is 9.88. The quantitative estimate of drug-likeness (QED) is 0.343. The number of aromatic nitrogens is 2. The summed E-state index contributed by atoms with van der Waals surface area (Å²) >= 11 is 0. The van der Waals surface area contributed by atoms with Gasteiger partial charge >= 0.3 is 6.09 Å². The summed E-state index contributed by atoms with van der Waals surface area (Å²) in [4.78, 5) is 22.5. The summed E-state index contributed by atoms with van der Waals surface area (Å²) in [7, 11) is 0. The van der Waals surface area contributed by atoms with Crippen molar-refractivity contribution in [2.45, 2.75) is 109 Å². The van der Waals surface area contributed by atoms with Gasteiger partial charge in [0.2, 0.25) is 0 Å². The molecule has 6 heteroatoms. The fraction of sp³-hybridized carbons (Fsp3) is 0.588. The van der Waals surface area contributed by atoms with Gasteiger partial charge < -0.3 is 14.2 Å². The lowest BCUT2D eigenvalue weighted by Gasteiger charge is -2.45. The molecule has 0 N–H and O–H groups in total. The number of piperidine rings is 2. The Morgan fingerprint density at radius 1 is 0.950 bits per heavy atom. The standard InChI is InChI=1S/C34H46N4O2/c1-24-10-12-26(13-11-24)34(16-19-36(20-17-34)32(39)40-33(3,4)5)18-21-37-27-14-15-28(37)23-29(22-27)38-25(2)35-30-8-6-7-9-31(30)38/h6-13,27-29H,14-23H2,1-5H3/t27-,28+,29+. The maximum atomic E-state index is 12.8. The molecule has 1 aromatic heterocycles. The van der Waals surface area contributed by atoms with Crippen molar-refractivity contribution in [3.05, 3.63) is 65.5 Å². The van der Waals surface area contributed by atoms with E-state index in [9.17, 15) is 4.79 Å². The zero-order chi connectivity index (χ0) is 28.1. The first-order valence-electron chi connectivity index (χ1n) is 15.4. The van der Waals surface area contributed by atoms with E-state index < -0.39 is 5.60 Å². The zero-order valence-corrected chi connectivity index (χ0v) is 25.0. The number of carbonyl (C=O) groups is 1. The zero-order valence-electron chi connectivity index (χ0n) is 25.0. The van der Waals surface area contributed by atoms with E-state index in [-0.39, 0.29) is 11.5 Å². The van der Waals surface area contributed by atoms with Crippen LogP contribution >= 0.6 is 0 Å². The molecule has 3 aliphatic heterocycles. The van der Waals surface area contributed by atoms with Crippen LogP contribution in [0.25, 0.3) is 11.0 Å². The van der Waals surface area contributed by atoms with Crippen molar-refractivity contribution >= 4 is 17.1 Å². The minimum Gasteiger partial charge on any atom is -0.444 e. The molecular weight excluding hydrogens is 496 g/mol. The second-order valence-corrected chi connectivity index (χ2v) is 13.6. The molecule has 3 atom stereocenters. The van der Waals surface area contributed by atoms with Crippen molar-refractivity contribution in [1.82, 2.24) is 19.4 Å². The van der Waals surface area contributed by atoms with Crippen molar-refractivity contribution in [2.75, 3.05) is 19.6 Å². The van der Waals surface area contributed by atoms with E-state index in [4.69, 9.17) is 9.72 Å². The topological polar surface area (TPSA) is 50.6 Å². The van der Waals surface area contributed by atoms with Gasteiger partial charge in [-0.05, 0) is 109 Å². The fourth-order valence-corrected chi connectivity index (χ4v) is 7.82. The fourth-order valence-electron chi connectivity index (χ4n) is 7.82. The van der Waals surface area contributed by atoms with Crippen molar-refractivity contribution < 1.29 is 9.53 Å². The molecule has 40 heavy (non-hydrogen) atoms. The van der Waals surface area contributed by atoms with Gasteiger partial charge in [-0.3, -0.25) is 4.90 Å². The van der Waals surface area contributed by atoms with Crippen LogP contribution < -0.4 is 0 Å². The molecule has 0 spiro atoms. The predicted octanol–water partition coefficient (Wildman–Crippen LogP) is 7.18. The van der Waals surface area contributed by atoms with E-state index in [0.29, 0.717) is 18.1 Å². The Morgan fingerprint density at radius 3 is 2.25 bits per heavy atom. The Kier molecular flexibility index (Phi) is 7.18. The molecule has 3 saturated heterocycles. The van der Waals surface area contributed by atoms with Crippen LogP contribution in [-0.2, 0) is 10.2 Å². The number of ether oxygens (including phenoxy) is 1. The molecule has 6 nitrogen and oxygen atoms in total. The summed E-state index contributed by atoms with van der Waals surface area (Å²) in [5, 5.41) is 0. The summed E-state index contributed by atoms with van der Waals surface area (Å²) in [5.41, 5.74) is 4.77. The number of benzene rings is 2. The van der Waals surface area contributed by atoms with Crippen LogP contribution in [0.2, 0.25) is 0 Å². The minimum atomic E-state index is -0.463. The molecule has 2 aromatic carbocycles. The summed E-state index contributed by atoms with van der Waals surface area (Å²) < 4.78 is 8.23. The monoisotopic (exact) mass is 542 g/mol. The Bertz CT molecular complexity index is 1330. The van der Waals surface area contributed by atoms with E-state index in [1.165, 1.54) is 42.3 Å². The first-order chi connectivity index (χ1) is 19.1. The smallest absolute Gasteiger partial charge is 0.410 e. The Hall–Kier alpha value is -2.86.